The first kappa shape index (κ1) is 49.2. The molecule has 4 amide bonds. The number of hydrogen-bond acceptors (Lipinski definition) is 13. The SMILES string of the molecule is COC(=O)[C@@H](NC(=O)N1C(=O)[C@@]2(c3cc(C#Cc4ccc(OC)cc4)ccc31)[C@H](c1ccccc1OCCO)N1[C@H](c3ccccc3)[C@H](c3ccccc3)OC(=O)[C@H]1[C@@H]2C(=O)Nc1nc2ccccc2s1)C(C)C. The Kier molecular flexibility index (Phi) is 13.7. The number of carbonyl (C=O) groups excluding carboxylic acids is 5. The quantitative estimate of drug-likeness (QED) is 0.0787. The number of methoxy groups -OCH3 is 2. The zero-order valence-electron chi connectivity index (χ0n) is 40.8. The van der Waals surface area contributed by atoms with Crippen molar-refractivity contribution < 1.29 is 48.0 Å². The summed E-state index contributed by atoms with van der Waals surface area (Å²) in [6.45, 7) is 2.95. The van der Waals surface area contributed by atoms with Crippen molar-refractivity contribution in [3.8, 4) is 23.3 Å². The van der Waals surface area contributed by atoms with E-state index < -0.39 is 77.3 Å². The molecule has 374 valence electrons. The highest BCUT2D eigenvalue weighted by atomic mass is 32.1. The first-order chi connectivity index (χ1) is 36.0. The Hall–Kier alpha value is -8.36. The number of cyclic esters (lactones) is 1. The van der Waals surface area contributed by atoms with Gasteiger partial charge in [0.15, 0.2) is 5.13 Å². The van der Waals surface area contributed by atoms with Gasteiger partial charge >= 0.3 is 18.0 Å². The molecule has 0 radical (unpaired) electrons. The molecule has 0 bridgehead atoms. The highest BCUT2D eigenvalue weighted by Crippen LogP contribution is 2.67. The summed E-state index contributed by atoms with van der Waals surface area (Å²) in [6.07, 6.45) is -0.998. The topological polar surface area (TPSA) is 186 Å². The van der Waals surface area contributed by atoms with E-state index >= 15 is 19.2 Å². The van der Waals surface area contributed by atoms with Crippen molar-refractivity contribution in [1.82, 2.24) is 15.2 Å². The van der Waals surface area contributed by atoms with Gasteiger partial charge in [0.2, 0.25) is 11.8 Å². The molecule has 1 spiro atoms. The van der Waals surface area contributed by atoms with Gasteiger partial charge in [-0.2, -0.15) is 0 Å². The lowest BCUT2D eigenvalue weighted by molar-refractivity contribution is -0.178. The number of ether oxygens (including phenoxy) is 4. The molecule has 74 heavy (non-hydrogen) atoms. The third-order valence-electron chi connectivity index (χ3n) is 13.9. The number of aliphatic hydroxyl groups excluding tert-OH is 1. The van der Waals surface area contributed by atoms with E-state index in [0.717, 1.165) is 9.60 Å². The number of aromatic nitrogens is 1. The van der Waals surface area contributed by atoms with E-state index in [9.17, 15) is 9.90 Å². The summed E-state index contributed by atoms with van der Waals surface area (Å²) >= 11 is 1.22. The monoisotopic (exact) mass is 1010 g/mol. The van der Waals surface area contributed by atoms with Crippen LogP contribution in [-0.2, 0) is 34.1 Å². The van der Waals surface area contributed by atoms with E-state index in [2.05, 4.69) is 22.5 Å². The number of urea groups is 1. The second-order valence-electron chi connectivity index (χ2n) is 18.4. The number of anilines is 2. The van der Waals surface area contributed by atoms with Crippen LogP contribution < -0.4 is 25.0 Å². The summed E-state index contributed by atoms with van der Waals surface area (Å²) in [5.41, 5.74) is 1.44. The number of aliphatic hydroxyl groups is 1. The third-order valence-corrected chi connectivity index (χ3v) is 14.8. The van der Waals surface area contributed by atoms with E-state index in [1.54, 1.807) is 87.7 Å². The van der Waals surface area contributed by atoms with Crippen LogP contribution in [0.25, 0.3) is 10.2 Å². The van der Waals surface area contributed by atoms with Crippen LogP contribution in [0.1, 0.15) is 65.4 Å². The van der Waals surface area contributed by atoms with Gasteiger partial charge in [-0.1, -0.05) is 128 Å². The minimum atomic E-state index is -2.22. The lowest BCUT2D eigenvalue weighted by Crippen LogP contribution is -2.57. The van der Waals surface area contributed by atoms with Gasteiger partial charge in [-0.25, -0.2) is 19.5 Å². The summed E-state index contributed by atoms with van der Waals surface area (Å²) in [6, 6.07) is 39.2. The number of thiazole rings is 1. The molecule has 0 saturated carbocycles. The normalized spacial score (nSPS) is 21.3. The van der Waals surface area contributed by atoms with E-state index in [4.69, 9.17) is 23.9 Å². The molecule has 10 rings (SSSR count). The van der Waals surface area contributed by atoms with Crippen LogP contribution in [0, 0.1) is 23.7 Å². The molecule has 15 nitrogen and oxygen atoms in total. The van der Waals surface area contributed by atoms with Gasteiger partial charge in [0.05, 0.1) is 54.7 Å². The van der Waals surface area contributed by atoms with Crippen LogP contribution >= 0.6 is 11.3 Å². The van der Waals surface area contributed by atoms with E-state index in [0.29, 0.717) is 39.1 Å². The van der Waals surface area contributed by atoms with Gasteiger partial charge in [-0.15, -0.1) is 0 Å². The lowest BCUT2D eigenvalue weighted by atomic mass is 9.65. The molecule has 3 aliphatic heterocycles. The smallest absolute Gasteiger partial charge is 0.329 e. The Labute approximate surface area is 431 Å². The Balaban J connectivity index is 1.29. The fourth-order valence-corrected chi connectivity index (χ4v) is 11.6. The number of carbonyl (C=O) groups is 5. The first-order valence-electron chi connectivity index (χ1n) is 24.1. The summed E-state index contributed by atoms with van der Waals surface area (Å²) < 4.78 is 24.2. The van der Waals surface area contributed by atoms with Gasteiger partial charge in [0.1, 0.15) is 41.7 Å². The number of nitrogens with one attached hydrogen (secondary N) is 2. The molecule has 2 fully saturated rings. The lowest BCUT2D eigenvalue weighted by Gasteiger charge is -2.46. The average Bonchev–Trinajstić information content (AvgIpc) is 4.15. The fraction of sp³-hybridized carbons (Fsp3) is 0.241. The summed E-state index contributed by atoms with van der Waals surface area (Å²) in [5.74, 6) is 1.98. The molecule has 0 unspecified atom stereocenters. The van der Waals surface area contributed by atoms with Crippen molar-refractivity contribution in [2.24, 2.45) is 11.8 Å². The predicted molar refractivity (Wildman–Crippen MR) is 277 cm³/mol. The second-order valence-corrected chi connectivity index (χ2v) is 19.4. The van der Waals surface area contributed by atoms with Crippen molar-refractivity contribution in [2.75, 3.05) is 37.7 Å². The van der Waals surface area contributed by atoms with Gasteiger partial charge in [0.25, 0.3) is 0 Å². The number of morpholine rings is 1. The van der Waals surface area contributed by atoms with E-state index in [1.165, 1.54) is 18.4 Å². The Morgan fingerprint density at radius 3 is 2.16 bits per heavy atom. The van der Waals surface area contributed by atoms with Gasteiger partial charge in [0, 0.05) is 16.7 Å². The maximum absolute atomic E-state index is 16.9. The standard InChI is InChI=1S/C58H51N5O10S/c1-34(2)47(53(66)71-4)60-57(69)62-43-30-27-36(24-23-35-25-28-39(70-3)29-26-35)33-41(43)58(55(62)68)46(52(65)61-56-59-42-20-12-14-22-45(42)74-56)49-54(67)73-50(38-17-9-6-10-18-38)48(37-15-7-5-8-16-37)63(49)51(58)40-19-11-13-21-44(40)72-32-31-64/h5-22,25-30,33-34,46-51,64H,31-32H2,1-4H3,(H,60,69)(H,59,61,65)/t46-,47+,48-,49-,50+,51+,58-/m1/s1. The van der Waals surface area contributed by atoms with E-state index in [1.807, 2.05) is 89.8 Å². The number of imide groups is 1. The van der Waals surface area contributed by atoms with Crippen LogP contribution in [0.4, 0.5) is 15.6 Å². The van der Waals surface area contributed by atoms with Gasteiger partial charge in [-0.3, -0.25) is 19.3 Å². The predicted octanol–water partition coefficient (Wildman–Crippen LogP) is 8.29. The molecular weight excluding hydrogens is 959 g/mol. The largest absolute Gasteiger partial charge is 0.497 e. The minimum Gasteiger partial charge on any atom is -0.497 e. The summed E-state index contributed by atoms with van der Waals surface area (Å²) in [4.78, 5) is 84.8. The molecule has 1 aromatic heterocycles. The molecule has 4 heterocycles. The van der Waals surface area contributed by atoms with Gasteiger partial charge < -0.3 is 34.7 Å². The number of fused-ring (bicyclic) bond motifs is 4. The van der Waals surface area contributed by atoms with Crippen LogP contribution in [-0.4, -0.2) is 84.3 Å². The number of hydrogen-bond donors (Lipinski definition) is 3. The second kappa shape index (κ2) is 20.6. The van der Waals surface area contributed by atoms with Crippen LogP contribution in [0.2, 0.25) is 0 Å². The number of esters is 2. The van der Waals surface area contributed by atoms with Crippen LogP contribution in [0.5, 0.6) is 11.5 Å². The van der Waals surface area contributed by atoms with Crippen molar-refractivity contribution >= 4 is 62.2 Å². The molecule has 3 aliphatic rings. The molecule has 7 atom stereocenters. The molecule has 0 aliphatic carbocycles. The molecule has 3 N–H and O–H groups in total. The maximum atomic E-state index is 16.9. The number of rotatable bonds is 12. The number of nitrogens with zero attached hydrogens (tertiary/aromatic N) is 3. The van der Waals surface area contributed by atoms with Crippen LogP contribution in [0.3, 0.4) is 0 Å². The Morgan fingerprint density at radius 2 is 1.47 bits per heavy atom. The van der Waals surface area contributed by atoms with Crippen molar-refractivity contribution in [2.45, 2.75) is 49.5 Å². The number of benzene rings is 6. The summed E-state index contributed by atoms with van der Waals surface area (Å²) in [7, 11) is 2.78. The molecule has 6 aromatic carbocycles. The zero-order chi connectivity index (χ0) is 51.7. The number of para-hydroxylation sites is 2. The Bertz CT molecular complexity index is 3310. The molecule has 7 aromatic rings. The van der Waals surface area contributed by atoms with Crippen molar-refractivity contribution in [3.05, 3.63) is 185 Å². The zero-order valence-corrected chi connectivity index (χ0v) is 41.6. The summed E-state index contributed by atoms with van der Waals surface area (Å²) in [5, 5.41) is 16.2. The van der Waals surface area contributed by atoms with E-state index in [-0.39, 0.29) is 35.3 Å². The maximum Gasteiger partial charge on any atom is 0.329 e. The minimum absolute atomic E-state index is 0.0792. The fourth-order valence-electron chi connectivity index (χ4n) is 10.7. The van der Waals surface area contributed by atoms with Crippen LogP contribution in [0.15, 0.2) is 152 Å². The highest BCUT2D eigenvalue weighted by molar-refractivity contribution is 7.22. The highest BCUT2D eigenvalue weighted by Gasteiger charge is 2.76. The Morgan fingerprint density at radius 1 is 0.811 bits per heavy atom. The average molecular weight is 1010 g/mol. The molecule has 16 heteroatoms. The number of amides is 4. The van der Waals surface area contributed by atoms with Crippen molar-refractivity contribution in [3.63, 3.8) is 0 Å². The van der Waals surface area contributed by atoms with Gasteiger partial charge in [-0.05, 0) is 83.3 Å². The first-order valence-corrected chi connectivity index (χ1v) is 24.9. The molecular formula is C58H51N5O10S. The third kappa shape index (κ3) is 8.68. The van der Waals surface area contributed by atoms with Crippen molar-refractivity contribution in [1.29, 1.82) is 0 Å². The molecule has 2 saturated heterocycles.